The molecule has 1 fully saturated rings. The van der Waals surface area contributed by atoms with Crippen molar-refractivity contribution in [2.75, 3.05) is 14.1 Å². The highest BCUT2D eigenvalue weighted by atomic mass is 15.1. The van der Waals surface area contributed by atoms with Crippen molar-refractivity contribution in [1.82, 2.24) is 4.90 Å². The van der Waals surface area contributed by atoms with Crippen molar-refractivity contribution in [2.24, 2.45) is 5.92 Å². The molecular weight excluding hydrogens is 230 g/mol. The normalized spacial score (nSPS) is 19.4. The first kappa shape index (κ1) is 16.3. The van der Waals surface area contributed by atoms with Crippen molar-refractivity contribution >= 4 is 0 Å². The van der Waals surface area contributed by atoms with E-state index in [4.69, 9.17) is 0 Å². The number of hydrogen-bond donors (Lipinski definition) is 0. The summed E-state index contributed by atoms with van der Waals surface area (Å²) in [5.41, 5.74) is 4.50. The molecule has 0 atom stereocenters. The Balaban J connectivity index is 2.84. The van der Waals surface area contributed by atoms with Crippen LogP contribution in [0, 0.1) is 5.92 Å². The number of rotatable bonds is 5. The van der Waals surface area contributed by atoms with Gasteiger partial charge in [0, 0.05) is 19.8 Å². The zero-order valence-corrected chi connectivity index (χ0v) is 13.6. The van der Waals surface area contributed by atoms with Gasteiger partial charge in [-0.2, -0.15) is 0 Å². The lowest BCUT2D eigenvalue weighted by molar-refractivity contribution is 0.341. The summed E-state index contributed by atoms with van der Waals surface area (Å²) in [6.07, 6.45) is 12.1. The third-order valence-corrected chi connectivity index (χ3v) is 4.43. The van der Waals surface area contributed by atoms with Gasteiger partial charge in [0.25, 0.3) is 0 Å². The molecule has 1 saturated carbocycles. The van der Waals surface area contributed by atoms with Gasteiger partial charge in [0.1, 0.15) is 0 Å². The van der Waals surface area contributed by atoms with Gasteiger partial charge in [-0.15, -0.1) is 0 Å². The molecule has 0 bridgehead atoms. The highest BCUT2D eigenvalue weighted by Crippen LogP contribution is 2.32. The highest BCUT2D eigenvalue weighted by molar-refractivity contribution is 5.19. The van der Waals surface area contributed by atoms with Crippen LogP contribution in [0.2, 0.25) is 0 Å². The third-order valence-electron chi connectivity index (χ3n) is 4.43. The van der Waals surface area contributed by atoms with E-state index in [2.05, 4.69) is 39.4 Å². The van der Waals surface area contributed by atoms with Crippen molar-refractivity contribution in [2.45, 2.75) is 71.6 Å². The van der Waals surface area contributed by atoms with Crippen LogP contribution in [-0.2, 0) is 0 Å². The second-order valence-corrected chi connectivity index (χ2v) is 6.38. The second-order valence-electron chi connectivity index (χ2n) is 6.38. The fourth-order valence-electron chi connectivity index (χ4n) is 3.42. The molecule has 0 spiro atoms. The van der Waals surface area contributed by atoms with E-state index in [1.165, 1.54) is 50.5 Å². The zero-order valence-electron chi connectivity index (χ0n) is 13.6. The van der Waals surface area contributed by atoms with E-state index < -0.39 is 0 Å². The third kappa shape index (κ3) is 5.42. The molecule has 0 N–H and O–H groups in total. The van der Waals surface area contributed by atoms with Gasteiger partial charge < -0.3 is 4.90 Å². The first-order valence-electron chi connectivity index (χ1n) is 8.09. The van der Waals surface area contributed by atoms with Crippen LogP contribution in [0.4, 0.5) is 0 Å². The summed E-state index contributed by atoms with van der Waals surface area (Å²) in [6, 6.07) is 0. The molecule has 0 aromatic carbocycles. The molecule has 0 heterocycles. The van der Waals surface area contributed by atoms with Crippen molar-refractivity contribution in [1.29, 1.82) is 0 Å². The van der Waals surface area contributed by atoms with Gasteiger partial charge in [-0.1, -0.05) is 51.2 Å². The Morgan fingerprint density at radius 2 is 1.58 bits per heavy atom. The van der Waals surface area contributed by atoms with Gasteiger partial charge in [-0.3, -0.25) is 0 Å². The minimum absolute atomic E-state index is 0.778. The van der Waals surface area contributed by atoms with Crippen LogP contribution in [-0.4, -0.2) is 19.0 Å². The average molecular weight is 263 g/mol. The Morgan fingerprint density at radius 1 is 1.05 bits per heavy atom. The summed E-state index contributed by atoms with van der Waals surface area (Å²) < 4.78 is 0. The Labute approximate surface area is 120 Å². The standard InChI is InChI=1S/C18H33N/c1-6-15(2)14-16(3)18(19(4)5)17-12-10-8-7-9-11-13-17/h17H,2,6-14H2,1,3-5H3. The molecule has 0 aliphatic heterocycles. The minimum Gasteiger partial charge on any atom is -0.381 e. The molecule has 0 saturated heterocycles. The van der Waals surface area contributed by atoms with Crippen molar-refractivity contribution in [3.63, 3.8) is 0 Å². The predicted molar refractivity (Wildman–Crippen MR) is 86.2 cm³/mol. The molecule has 19 heavy (non-hydrogen) atoms. The van der Waals surface area contributed by atoms with Gasteiger partial charge in [0.05, 0.1) is 0 Å². The van der Waals surface area contributed by atoms with E-state index in [1.54, 1.807) is 11.3 Å². The zero-order chi connectivity index (χ0) is 14.3. The molecule has 0 radical (unpaired) electrons. The molecule has 1 aliphatic rings. The van der Waals surface area contributed by atoms with Gasteiger partial charge in [0.15, 0.2) is 0 Å². The van der Waals surface area contributed by atoms with E-state index in [1.807, 2.05) is 0 Å². The largest absolute Gasteiger partial charge is 0.381 e. The second kappa shape index (κ2) is 8.45. The van der Waals surface area contributed by atoms with E-state index >= 15 is 0 Å². The molecule has 0 unspecified atom stereocenters. The molecule has 0 aromatic rings. The maximum atomic E-state index is 4.18. The van der Waals surface area contributed by atoms with Crippen molar-refractivity contribution in [3.05, 3.63) is 23.4 Å². The Bertz CT molecular complexity index is 304. The van der Waals surface area contributed by atoms with Gasteiger partial charge in [-0.25, -0.2) is 0 Å². The van der Waals surface area contributed by atoms with Crippen LogP contribution in [0.3, 0.4) is 0 Å². The fourth-order valence-corrected chi connectivity index (χ4v) is 3.42. The molecule has 1 nitrogen and oxygen atoms in total. The van der Waals surface area contributed by atoms with Crippen LogP contribution >= 0.6 is 0 Å². The van der Waals surface area contributed by atoms with Gasteiger partial charge in [0.2, 0.25) is 0 Å². The number of hydrogen-bond acceptors (Lipinski definition) is 1. The first-order chi connectivity index (χ1) is 9.06. The molecule has 110 valence electrons. The average Bonchev–Trinajstić information content (AvgIpc) is 2.31. The van der Waals surface area contributed by atoms with Crippen LogP contribution in [0.1, 0.15) is 71.6 Å². The van der Waals surface area contributed by atoms with Crippen LogP contribution in [0.15, 0.2) is 23.4 Å². The summed E-state index contributed by atoms with van der Waals surface area (Å²) in [6.45, 7) is 8.70. The quantitative estimate of drug-likeness (QED) is 0.589. The molecule has 0 amide bonds. The van der Waals surface area contributed by atoms with E-state index in [0.717, 1.165) is 18.8 Å². The summed E-state index contributed by atoms with van der Waals surface area (Å²) in [5, 5.41) is 0. The molecule has 1 rings (SSSR count). The summed E-state index contributed by atoms with van der Waals surface area (Å²) >= 11 is 0. The summed E-state index contributed by atoms with van der Waals surface area (Å²) in [5.74, 6) is 0.778. The molecule has 1 aliphatic carbocycles. The number of nitrogens with zero attached hydrogens (tertiary/aromatic N) is 1. The smallest absolute Gasteiger partial charge is 0.0151 e. The lowest BCUT2D eigenvalue weighted by Crippen LogP contribution is -2.22. The van der Waals surface area contributed by atoms with E-state index in [-0.39, 0.29) is 0 Å². The van der Waals surface area contributed by atoms with Crippen LogP contribution in [0.5, 0.6) is 0 Å². The highest BCUT2D eigenvalue weighted by Gasteiger charge is 2.19. The maximum Gasteiger partial charge on any atom is 0.0151 e. The Kier molecular flexibility index (Phi) is 7.27. The lowest BCUT2D eigenvalue weighted by atomic mass is 9.85. The Morgan fingerprint density at radius 3 is 2.05 bits per heavy atom. The predicted octanol–water partition coefficient (Wildman–Crippen LogP) is 5.54. The van der Waals surface area contributed by atoms with Crippen LogP contribution in [0.25, 0.3) is 0 Å². The van der Waals surface area contributed by atoms with E-state index in [0.29, 0.717) is 0 Å². The maximum absolute atomic E-state index is 4.18. The summed E-state index contributed by atoms with van der Waals surface area (Å²) in [7, 11) is 4.43. The lowest BCUT2D eigenvalue weighted by Gasteiger charge is -2.30. The monoisotopic (exact) mass is 263 g/mol. The summed E-state index contributed by atoms with van der Waals surface area (Å²) in [4.78, 5) is 2.37. The van der Waals surface area contributed by atoms with Crippen molar-refractivity contribution in [3.8, 4) is 0 Å². The molecule has 1 heteroatoms. The van der Waals surface area contributed by atoms with E-state index in [9.17, 15) is 0 Å². The fraction of sp³-hybridized carbons (Fsp3) is 0.778. The van der Waals surface area contributed by atoms with Gasteiger partial charge in [-0.05, 0) is 44.1 Å². The van der Waals surface area contributed by atoms with Crippen molar-refractivity contribution < 1.29 is 0 Å². The molecular formula is C18H33N. The topological polar surface area (TPSA) is 3.24 Å². The Hall–Kier alpha value is -0.720. The first-order valence-corrected chi connectivity index (χ1v) is 8.09. The minimum atomic E-state index is 0.778. The molecule has 0 aromatic heterocycles. The number of allylic oxidation sites excluding steroid dienone is 3. The van der Waals surface area contributed by atoms with Crippen LogP contribution < -0.4 is 0 Å². The SMILES string of the molecule is C=C(CC)CC(C)=C(C1CCCCCCC1)N(C)C. The van der Waals surface area contributed by atoms with Gasteiger partial charge >= 0.3 is 0 Å².